The molecule has 5 nitrogen and oxygen atoms in total. The first-order valence-corrected chi connectivity index (χ1v) is 9.65. The van der Waals surface area contributed by atoms with Gasteiger partial charge < -0.3 is 15.5 Å². The van der Waals surface area contributed by atoms with Gasteiger partial charge in [-0.1, -0.05) is 18.2 Å². The third-order valence-corrected chi connectivity index (χ3v) is 5.10. The monoisotopic (exact) mass is 383 g/mol. The Kier molecular flexibility index (Phi) is 6.76. The van der Waals surface area contributed by atoms with E-state index in [4.69, 9.17) is 0 Å². The Morgan fingerprint density at radius 1 is 1.07 bits per heavy atom. The summed E-state index contributed by atoms with van der Waals surface area (Å²) in [4.78, 5) is 26.7. The molecule has 2 amide bonds. The van der Waals surface area contributed by atoms with Gasteiger partial charge in [0.25, 0.3) is 5.91 Å². The SMILES string of the molecule is Cc1ccccc1C(=O)NC1CCN(CCC(=O)Nc2ccc(F)cc2)CC1. The minimum absolute atomic E-state index is 0.0183. The zero-order chi connectivity index (χ0) is 19.9. The fraction of sp³-hybridized carbons (Fsp3) is 0.364. The maximum Gasteiger partial charge on any atom is 0.251 e. The van der Waals surface area contributed by atoms with E-state index >= 15 is 0 Å². The lowest BCUT2D eigenvalue weighted by Crippen LogP contribution is -2.45. The van der Waals surface area contributed by atoms with E-state index in [0.717, 1.165) is 37.1 Å². The third-order valence-electron chi connectivity index (χ3n) is 5.10. The molecule has 0 unspecified atom stereocenters. The zero-order valence-electron chi connectivity index (χ0n) is 16.1. The molecule has 0 spiro atoms. The van der Waals surface area contributed by atoms with Gasteiger partial charge in [0.1, 0.15) is 5.82 Å². The molecule has 6 heteroatoms. The van der Waals surface area contributed by atoms with E-state index in [1.165, 1.54) is 12.1 Å². The van der Waals surface area contributed by atoms with Crippen molar-refractivity contribution in [1.29, 1.82) is 0 Å². The van der Waals surface area contributed by atoms with Crippen molar-refractivity contribution in [3.8, 4) is 0 Å². The smallest absolute Gasteiger partial charge is 0.251 e. The first kappa shape index (κ1) is 20.0. The number of nitrogens with one attached hydrogen (secondary N) is 2. The molecule has 1 aliphatic heterocycles. The molecule has 1 saturated heterocycles. The molecule has 1 fully saturated rings. The minimum atomic E-state index is -0.324. The predicted octanol–water partition coefficient (Wildman–Crippen LogP) is 3.36. The Labute approximate surface area is 164 Å². The summed E-state index contributed by atoms with van der Waals surface area (Å²) in [7, 11) is 0. The summed E-state index contributed by atoms with van der Waals surface area (Å²) in [5.74, 6) is -0.424. The number of piperidine rings is 1. The standard InChI is InChI=1S/C22H26FN3O2/c1-16-4-2-3-5-20(16)22(28)25-19-10-13-26(14-11-19)15-12-21(27)24-18-8-6-17(23)7-9-18/h2-9,19H,10-15H2,1H3,(H,24,27)(H,25,28). The van der Waals surface area contributed by atoms with Gasteiger partial charge in [-0.25, -0.2) is 4.39 Å². The topological polar surface area (TPSA) is 61.4 Å². The second-order valence-electron chi connectivity index (χ2n) is 7.21. The molecule has 0 radical (unpaired) electrons. The van der Waals surface area contributed by atoms with Crippen molar-refractivity contribution in [2.75, 3.05) is 25.0 Å². The largest absolute Gasteiger partial charge is 0.349 e. The molecule has 1 aliphatic rings. The van der Waals surface area contributed by atoms with E-state index in [-0.39, 0.29) is 23.7 Å². The van der Waals surface area contributed by atoms with Gasteiger partial charge in [-0.3, -0.25) is 9.59 Å². The molecule has 0 aliphatic carbocycles. The second-order valence-corrected chi connectivity index (χ2v) is 7.21. The second kappa shape index (κ2) is 9.46. The highest BCUT2D eigenvalue weighted by atomic mass is 19.1. The summed E-state index contributed by atoms with van der Waals surface area (Å²) < 4.78 is 12.9. The highest BCUT2D eigenvalue weighted by Gasteiger charge is 2.22. The first-order valence-electron chi connectivity index (χ1n) is 9.65. The van der Waals surface area contributed by atoms with Gasteiger partial charge >= 0.3 is 0 Å². The van der Waals surface area contributed by atoms with Crippen LogP contribution in [0.5, 0.6) is 0 Å². The zero-order valence-corrected chi connectivity index (χ0v) is 16.1. The lowest BCUT2D eigenvalue weighted by atomic mass is 10.0. The fourth-order valence-electron chi connectivity index (χ4n) is 3.41. The third kappa shape index (κ3) is 5.63. The maximum atomic E-state index is 12.9. The van der Waals surface area contributed by atoms with Crippen LogP contribution >= 0.6 is 0 Å². The van der Waals surface area contributed by atoms with Crippen molar-refractivity contribution in [3.63, 3.8) is 0 Å². The van der Waals surface area contributed by atoms with Crippen molar-refractivity contribution in [1.82, 2.24) is 10.2 Å². The van der Waals surface area contributed by atoms with Gasteiger partial charge in [0.15, 0.2) is 0 Å². The number of likely N-dealkylation sites (tertiary alicyclic amines) is 1. The predicted molar refractivity (Wildman–Crippen MR) is 108 cm³/mol. The van der Waals surface area contributed by atoms with Crippen molar-refractivity contribution >= 4 is 17.5 Å². The molecule has 0 bridgehead atoms. The van der Waals surface area contributed by atoms with E-state index < -0.39 is 0 Å². The number of anilines is 1. The normalized spacial score (nSPS) is 15.2. The van der Waals surface area contributed by atoms with Crippen molar-refractivity contribution < 1.29 is 14.0 Å². The van der Waals surface area contributed by atoms with E-state index in [1.807, 2.05) is 31.2 Å². The molecular weight excluding hydrogens is 357 g/mol. The highest BCUT2D eigenvalue weighted by Crippen LogP contribution is 2.14. The van der Waals surface area contributed by atoms with Crippen LogP contribution in [0.1, 0.15) is 35.2 Å². The van der Waals surface area contributed by atoms with Crippen molar-refractivity contribution in [2.45, 2.75) is 32.2 Å². The Morgan fingerprint density at radius 2 is 1.75 bits per heavy atom. The number of amides is 2. The summed E-state index contributed by atoms with van der Waals surface area (Å²) in [6.07, 6.45) is 2.13. The van der Waals surface area contributed by atoms with Crippen LogP contribution in [0.25, 0.3) is 0 Å². The van der Waals surface area contributed by atoms with Gasteiger partial charge in [-0.2, -0.15) is 0 Å². The fourth-order valence-corrected chi connectivity index (χ4v) is 3.41. The molecule has 0 saturated carbocycles. The van der Waals surface area contributed by atoms with Crippen LogP contribution in [0, 0.1) is 12.7 Å². The number of carbonyl (C=O) groups excluding carboxylic acids is 2. The Bertz CT molecular complexity index is 815. The molecule has 2 aromatic rings. The number of nitrogens with zero attached hydrogens (tertiary/aromatic N) is 1. The van der Waals surface area contributed by atoms with Gasteiger partial charge in [0.2, 0.25) is 5.91 Å². The number of hydrogen-bond acceptors (Lipinski definition) is 3. The molecule has 0 aromatic heterocycles. The molecule has 2 N–H and O–H groups in total. The lowest BCUT2D eigenvalue weighted by Gasteiger charge is -2.32. The van der Waals surface area contributed by atoms with Crippen LogP contribution in [-0.4, -0.2) is 42.4 Å². The number of hydrogen-bond donors (Lipinski definition) is 2. The number of halogens is 1. The van der Waals surface area contributed by atoms with Crippen LogP contribution < -0.4 is 10.6 Å². The first-order chi connectivity index (χ1) is 13.5. The minimum Gasteiger partial charge on any atom is -0.349 e. The Morgan fingerprint density at radius 3 is 2.43 bits per heavy atom. The summed E-state index contributed by atoms with van der Waals surface area (Å²) in [5, 5.41) is 5.90. The van der Waals surface area contributed by atoms with E-state index in [1.54, 1.807) is 12.1 Å². The average molecular weight is 383 g/mol. The van der Waals surface area contributed by atoms with Gasteiger partial charge in [-0.15, -0.1) is 0 Å². The van der Waals surface area contributed by atoms with Crippen molar-refractivity contribution in [2.24, 2.45) is 0 Å². The lowest BCUT2D eigenvalue weighted by molar-refractivity contribution is -0.116. The van der Waals surface area contributed by atoms with E-state index in [2.05, 4.69) is 15.5 Å². The van der Waals surface area contributed by atoms with E-state index in [0.29, 0.717) is 18.7 Å². The quantitative estimate of drug-likeness (QED) is 0.804. The van der Waals surface area contributed by atoms with Crippen LogP contribution in [-0.2, 0) is 4.79 Å². The number of aryl methyl sites for hydroxylation is 1. The Balaban J connectivity index is 1.38. The van der Waals surface area contributed by atoms with Crippen LogP contribution in [0.4, 0.5) is 10.1 Å². The number of benzene rings is 2. The van der Waals surface area contributed by atoms with E-state index in [9.17, 15) is 14.0 Å². The number of carbonyl (C=O) groups is 2. The van der Waals surface area contributed by atoms with Gasteiger partial charge in [0.05, 0.1) is 0 Å². The summed E-state index contributed by atoms with van der Waals surface area (Å²) in [6, 6.07) is 13.5. The molecule has 0 atom stereocenters. The van der Waals surface area contributed by atoms with Crippen LogP contribution in [0.2, 0.25) is 0 Å². The summed E-state index contributed by atoms with van der Waals surface area (Å²) in [6.45, 7) is 4.31. The Hall–Kier alpha value is -2.73. The average Bonchev–Trinajstić information content (AvgIpc) is 2.69. The summed E-state index contributed by atoms with van der Waals surface area (Å²) in [5.41, 5.74) is 2.30. The summed E-state index contributed by atoms with van der Waals surface area (Å²) >= 11 is 0. The number of rotatable bonds is 6. The van der Waals surface area contributed by atoms with Gasteiger partial charge in [-0.05, 0) is 55.7 Å². The molecule has 148 valence electrons. The van der Waals surface area contributed by atoms with Crippen LogP contribution in [0.15, 0.2) is 48.5 Å². The van der Waals surface area contributed by atoms with Gasteiger partial charge in [0, 0.05) is 43.3 Å². The molecule has 1 heterocycles. The highest BCUT2D eigenvalue weighted by molar-refractivity contribution is 5.95. The molecule has 3 rings (SSSR count). The molecule has 28 heavy (non-hydrogen) atoms. The van der Waals surface area contributed by atoms with Crippen LogP contribution in [0.3, 0.4) is 0 Å². The maximum absolute atomic E-state index is 12.9. The molecular formula is C22H26FN3O2. The van der Waals surface area contributed by atoms with Crippen molar-refractivity contribution in [3.05, 3.63) is 65.5 Å². The molecule has 2 aromatic carbocycles.